The highest BCUT2D eigenvalue weighted by atomic mass is 16.3. The van der Waals surface area contributed by atoms with Crippen LogP contribution < -0.4 is 4.90 Å². The number of phenolic OH excluding ortho intramolecular Hbond substituents is 1. The smallest absolute Gasteiger partial charge is 0.165 e. The lowest BCUT2D eigenvalue weighted by Gasteiger charge is -2.27. The molecule has 1 aliphatic rings. The van der Waals surface area contributed by atoms with E-state index in [2.05, 4.69) is 72.3 Å². The highest BCUT2D eigenvalue weighted by Crippen LogP contribution is 2.33. The maximum Gasteiger partial charge on any atom is 0.165 e. The number of fused-ring (bicyclic) bond motifs is 1. The Labute approximate surface area is 189 Å². The van der Waals surface area contributed by atoms with Gasteiger partial charge in [-0.3, -0.25) is 4.90 Å². The molecule has 1 aromatic heterocycles. The zero-order chi connectivity index (χ0) is 22.1. The van der Waals surface area contributed by atoms with Crippen molar-refractivity contribution in [2.24, 2.45) is 0 Å². The summed E-state index contributed by atoms with van der Waals surface area (Å²) in [6.07, 6.45) is 1.09. The summed E-state index contributed by atoms with van der Waals surface area (Å²) in [6, 6.07) is 24.6. The zero-order valence-electron chi connectivity index (χ0n) is 18.6. The molecule has 0 bridgehead atoms. The van der Waals surface area contributed by atoms with Crippen molar-refractivity contribution < 1.29 is 5.11 Å². The number of para-hydroxylation sites is 1. The Kier molecular flexibility index (Phi) is 5.50. The third-order valence-electron chi connectivity index (χ3n) is 6.36. The van der Waals surface area contributed by atoms with Gasteiger partial charge in [0, 0.05) is 38.1 Å². The average molecular weight is 425 g/mol. The van der Waals surface area contributed by atoms with Crippen molar-refractivity contribution in [2.75, 3.05) is 25.0 Å². The second kappa shape index (κ2) is 8.60. The summed E-state index contributed by atoms with van der Waals surface area (Å²) >= 11 is 0. The normalized spacial score (nSPS) is 16.5. The van der Waals surface area contributed by atoms with E-state index in [4.69, 9.17) is 9.97 Å². The largest absolute Gasteiger partial charge is 0.507 e. The summed E-state index contributed by atoms with van der Waals surface area (Å²) in [6.45, 7) is 5.11. The Morgan fingerprint density at radius 3 is 2.59 bits per heavy atom. The maximum absolute atomic E-state index is 10.4. The first kappa shape index (κ1) is 20.5. The van der Waals surface area contributed by atoms with Gasteiger partial charge in [0.15, 0.2) is 5.82 Å². The molecule has 0 aliphatic carbocycles. The topological polar surface area (TPSA) is 52.5 Å². The third-order valence-corrected chi connectivity index (χ3v) is 6.36. The van der Waals surface area contributed by atoms with Crippen LogP contribution in [0.3, 0.4) is 0 Å². The van der Waals surface area contributed by atoms with E-state index in [1.165, 1.54) is 5.56 Å². The highest BCUT2D eigenvalue weighted by molar-refractivity contribution is 5.92. The van der Waals surface area contributed by atoms with Gasteiger partial charge in [-0.25, -0.2) is 9.97 Å². The number of hydrogen-bond donors (Lipinski definition) is 1. The molecule has 1 aliphatic heterocycles. The molecule has 0 radical (unpaired) electrons. The van der Waals surface area contributed by atoms with E-state index in [0.29, 0.717) is 17.4 Å². The van der Waals surface area contributed by atoms with Gasteiger partial charge < -0.3 is 10.0 Å². The van der Waals surface area contributed by atoms with E-state index in [0.717, 1.165) is 48.3 Å². The van der Waals surface area contributed by atoms with E-state index in [-0.39, 0.29) is 5.75 Å². The molecule has 3 aromatic carbocycles. The lowest BCUT2D eigenvalue weighted by Crippen LogP contribution is -2.35. The summed E-state index contributed by atoms with van der Waals surface area (Å²) in [7, 11) is 2.13. The van der Waals surface area contributed by atoms with Crippen LogP contribution in [0.25, 0.3) is 22.3 Å². The summed E-state index contributed by atoms with van der Waals surface area (Å²) < 4.78 is 0. The number of aryl methyl sites for hydroxylation is 1. The van der Waals surface area contributed by atoms with Crippen LogP contribution in [0.15, 0.2) is 72.8 Å². The van der Waals surface area contributed by atoms with Gasteiger partial charge in [-0.2, -0.15) is 0 Å². The Morgan fingerprint density at radius 2 is 1.78 bits per heavy atom. The van der Waals surface area contributed by atoms with Crippen molar-refractivity contribution in [2.45, 2.75) is 25.9 Å². The second-order valence-corrected chi connectivity index (χ2v) is 8.68. The van der Waals surface area contributed by atoms with Crippen LogP contribution in [-0.2, 0) is 6.54 Å². The molecule has 0 amide bonds. The van der Waals surface area contributed by atoms with Crippen LogP contribution >= 0.6 is 0 Å². The predicted molar refractivity (Wildman–Crippen MR) is 130 cm³/mol. The van der Waals surface area contributed by atoms with Crippen LogP contribution in [0, 0.1) is 6.92 Å². The lowest BCUT2D eigenvalue weighted by molar-refractivity contribution is 0.326. The van der Waals surface area contributed by atoms with E-state index in [1.54, 1.807) is 6.07 Å². The minimum Gasteiger partial charge on any atom is -0.507 e. The fourth-order valence-corrected chi connectivity index (χ4v) is 4.56. The number of aromatic hydroxyl groups is 1. The van der Waals surface area contributed by atoms with E-state index in [1.807, 2.05) is 18.2 Å². The van der Waals surface area contributed by atoms with Crippen LogP contribution in [0.1, 0.15) is 17.5 Å². The Hall–Kier alpha value is -3.44. The first-order valence-electron chi connectivity index (χ1n) is 11.1. The van der Waals surface area contributed by atoms with Crippen molar-refractivity contribution in [1.82, 2.24) is 14.9 Å². The van der Waals surface area contributed by atoms with Crippen LogP contribution in [-0.4, -0.2) is 46.2 Å². The number of aromatic nitrogens is 2. The molecular formula is C27H28N4O. The fourth-order valence-electron chi connectivity index (χ4n) is 4.56. The van der Waals surface area contributed by atoms with Gasteiger partial charge in [0.1, 0.15) is 11.6 Å². The van der Waals surface area contributed by atoms with Gasteiger partial charge in [-0.1, -0.05) is 48.5 Å². The molecule has 1 fully saturated rings. The molecule has 1 atom stereocenters. The average Bonchev–Trinajstić information content (AvgIpc) is 3.27. The highest BCUT2D eigenvalue weighted by Gasteiger charge is 2.28. The third kappa shape index (κ3) is 4.04. The van der Waals surface area contributed by atoms with Gasteiger partial charge in [-0.15, -0.1) is 0 Å². The zero-order valence-corrected chi connectivity index (χ0v) is 18.6. The van der Waals surface area contributed by atoms with Crippen molar-refractivity contribution in [3.05, 3.63) is 83.9 Å². The number of likely N-dealkylation sites (N-methyl/N-ethyl adjacent to an activating group) is 1. The first-order valence-corrected chi connectivity index (χ1v) is 11.1. The number of likely N-dealkylation sites (tertiary alicyclic amines) is 1. The fraction of sp³-hybridized carbons (Fsp3) is 0.259. The molecule has 2 heterocycles. The summed E-state index contributed by atoms with van der Waals surface area (Å²) in [5, 5.41) is 11.4. The minimum absolute atomic E-state index is 0.197. The number of anilines is 1. The molecule has 5 nitrogen and oxygen atoms in total. The molecule has 1 unspecified atom stereocenters. The molecule has 5 rings (SSSR count). The monoisotopic (exact) mass is 424 g/mol. The van der Waals surface area contributed by atoms with Crippen molar-refractivity contribution in [1.29, 1.82) is 0 Å². The minimum atomic E-state index is 0.197. The standard InChI is InChI=1S/C27H28N4O/c1-19-12-13-22-24(16-19)28-26(23-10-6-7-11-25(23)32)29-27(22)30(2)21-14-15-31(18-21)17-20-8-4-3-5-9-20/h3-13,16,21,32H,14-15,17-18H2,1-2H3. The van der Waals surface area contributed by atoms with Gasteiger partial charge in [0.2, 0.25) is 0 Å². The molecule has 32 heavy (non-hydrogen) atoms. The Bertz CT molecular complexity index is 1240. The number of nitrogens with zero attached hydrogens (tertiary/aromatic N) is 4. The van der Waals surface area contributed by atoms with Crippen molar-refractivity contribution >= 4 is 16.7 Å². The number of hydrogen-bond acceptors (Lipinski definition) is 5. The molecule has 162 valence electrons. The van der Waals surface area contributed by atoms with Gasteiger partial charge in [-0.05, 0) is 48.7 Å². The van der Waals surface area contributed by atoms with Crippen molar-refractivity contribution in [3.63, 3.8) is 0 Å². The van der Waals surface area contributed by atoms with Crippen LogP contribution in [0.4, 0.5) is 5.82 Å². The SMILES string of the molecule is Cc1ccc2c(N(C)C3CCN(Cc4ccccc4)C3)nc(-c3ccccc3O)nc2c1. The number of rotatable bonds is 5. The van der Waals surface area contributed by atoms with Crippen molar-refractivity contribution in [3.8, 4) is 17.1 Å². The van der Waals surface area contributed by atoms with Crippen LogP contribution in [0.2, 0.25) is 0 Å². The molecule has 1 N–H and O–H groups in total. The molecule has 0 saturated carbocycles. The van der Waals surface area contributed by atoms with Gasteiger partial charge in [0.05, 0.1) is 11.1 Å². The quantitative estimate of drug-likeness (QED) is 0.487. The van der Waals surface area contributed by atoms with E-state index >= 15 is 0 Å². The Morgan fingerprint density at radius 1 is 1.00 bits per heavy atom. The molecule has 1 saturated heterocycles. The second-order valence-electron chi connectivity index (χ2n) is 8.68. The predicted octanol–water partition coefficient (Wildman–Crippen LogP) is 5.02. The summed E-state index contributed by atoms with van der Waals surface area (Å²) in [5.74, 6) is 1.67. The summed E-state index contributed by atoms with van der Waals surface area (Å²) in [4.78, 5) is 14.6. The van der Waals surface area contributed by atoms with Gasteiger partial charge >= 0.3 is 0 Å². The molecular weight excluding hydrogens is 396 g/mol. The van der Waals surface area contributed by atoms with E-state index in [9.17, 15) is 5.11 Å². The lowest BCUT2D eigenvalue weighted by atomic mass is 10.1. The first-order chi connectivity index (χ1) is 15.6. The Balaban J connectivity index is 1.48. The van der Waals surface area contributed by atoms with E-state index < -0.39 is 0 Å². The van der Waals surface area contributed by atoms with Crippen LogP contribution in [0.5, 0.6) is 5.75 Å². The molecule has 5 heteroatoms. The molecule has 4 aromatic rings. The maximum atomic E-state index is 10.4. The molecule has 0 spiro atoms. The summed E-state index contributed by atoms with van der Waals surface area (Å²) in [5.41, 5.74) is 4.06. The van der Waals surface area contributed by atoms with Gasteiger partial charge in [0.25, 0.3) is 0 Å². The number of phenols is 1. The number of benzene rings is 3.